The van der Waals surface area contributed by atoms with Crippen molar-refractivity contribution in [3.63, 3.8) is 0 Å². The van der Waals surface area contributed by atoms with Gasteiger partial charge >= 0.3 is 5.97 Å². The first-order chi connectivity index (χ1) is 7.18. The van der Waals surface area contributed by atoms with E-state index in [1.54, 1.807) is 11.9 Å². The summed E-state index contributed by atoms with van der Waals surface area (Å²) in [5.41, 5.74) is 2.18. The fourth-order valence-corrected chi connectivity index (χ4v) is 1.95. The normalized spacial score (nSPS) is 13.7. The van der Waals surface area contributed by atoms with Crippen molar-refractivity contribution in [1.82, 2.24) is 9.97 Å². The maximum Gasteiger partial charge on any atom is 0.323 e. The molecule has 0 saturated heterocycles. The molecule has 1 N–H and O–H groups in total. The zero-order valence-electron chi connectivity index (χ0n) is 8.60. The van der Waals surface area contributed by atoms with E-state index in [9.17, 15) is 4.79 Å². The van der Waals surface area contributed by atoms with E-state index in [1.807, 2.05) is 0 Å². The molecule has 0 atom stereocenters. The average Bonchev–Trinajstić information content (AvgIpc) is 2.63. The van der Waals surface area contributed by atoms with Crippen LogP contribution >= 0.6 is 0 Å². The van der Waals surface area contributed by atoms with Gasteiger partial charge in [-0.25, -0.2) is 9.97 Å². The molecule has 0 saturated carbocycles. The lowest BCUT2D eigenvalue weighted by atomic mass is 10.2. The Kier molecular flexibility index (Phi) is 2.53. The van der Waals surface area contributed by atoms with Gasteiger partial charge in [-0.05, 0) is 19.3 Å². The quantitative estimate of drug-likeness (QED) is 0.781. The molecule has 2 rings (SSSR count). The van der Waals surface area contributed by atoms with Crippen LogP contribution in [0.15, 0.2) is 6.33 Å². The number of aromatic nitrogens is 2. The summed E-state index contributed by atoms with van der Waals surface area (Å²) in [5.74, 6) is -0.0808. The fraction of sp³-hybridized carbons (Fsp3) is 0.500. The predicted octanol–water partition coefficient (Wildman–Crippen LogP) is 0.486. The van der Waals surface area contributed by atoms with E-state index in [2.05, 4.69) is 9.97 Å². The summed E-state index contributed by atoms with van der Waals surface area (Å²) < 4.78 is 0. The lowest BCUT2D eigenvalue weighted by Crippen LogP contribution is -2.27. The number of hydrogen-bond acceptors (Lipinski definition) is 4. The zero-order chi connectivity index (χ0) is 10.8. The van der Waals surface area contributed by atoms with Crippen LogP contribution in [0, 0.1) is 0 Å². The summed E-state index contributed by atoms with van der Waals surface area (Å²) in [6.45, 7) is -0.0244. The Balaban J connectivity index is 2.28. The number of carbonyl (C=O) groups is 1. The molecule has 0 amide bonds. The Bertz CT molecular complexity index is 392. The summed E-state index contributed by atoms with van der Waals surface area (Å²) in [6.07, 6.45) is 4.53. The van der Waals surface area contributed by atoms with Crippen LogP contribution in [0.3, 0.4) is 0 Å². The average molecular weight is 207 g/mol. The maximum absolute atomic E-state index is 10.6. The third kappa shape index (κ3) is 1.91. The van der Waals surface area contributed by atoms with E-state index in [1.165, 1.54) is 6.33 Å². The summed E-state index contributed by atoms with van der Waals surface area (Å²) in [6, 6.07) is 0. The lowest BCUT2D eigenvalue weighted by molar-refractivity contribution is -0.135. The molecule has 0 spiro atoms. The molecule has 0 radical (unpaired) electrons. The van der Waals surface area contributed by atoms with Crippen LogP contribution in [0.1, 0.15) is 17.7 Å². The highest BCUT2D eigenvalue weighted by Crippen LogP contribution is 2.26. The highest BCUT2D eigenvalue weighted by molar-refractivity contribution is 5.73. The van der Waals surface area contributed by atoms with Crippen LogP contribution in [0.2, 0.25) is 0 Å². The molecule has 0 unspecified atom stereocenters. The number of aliphatic carboxylic acids is 1. The summed E-state index contributed by atoms with van der Waals surface area (Å²) in [4.78, 5) is 20.6. The van der Waals surface area contributed by atoms with Crippen molar-refractivity contribution < 1.29 is 9.90 Å². The third-order valence-electron chi connectivity index (χ3n) is 2.59. The minimum atomic E-state index is -0.845. The fourth-order valence-electron chi connectivity index (χ4n) is 1.95. The second-order valence-corrected chi connectivity index (χ2v) is 3.73. The van der Waals surface area contributed by atoms with Crippen molar-refractivity contribution in [3.8, 4) is 0 Å². The Morgan fingerprint density at radius 2 is 2.33 bits per heavy atom. The van der Waals surface area contributed by atoms with E-state index in [4.69, 9.17) is 5.11 Å². The number of hydrogen-bond donors (Lipinski definition) is 1. The van der Waals surface area contributed by atoms with Crippen LogP contribution in [-0.2, 0) is 17.6 Å². The molecule has 0 fully saturated rings. The monoisotopic (exact) mass is 207 g/mol. The minimum Gasteiger partial charge on any atom is -0.480 e. The van der Waals surface area contributed by atoms with Gasteiger partial charge in [0.15, 0.2) is 0 Å². The van der Waals surface area contributed by atoms with Gasteiger partial charge < -0.3 is 10.0 Å². The van der Waals surface area contributed by atoms with Crippen molar-refractivity contribution in [2.75, 3.05) is 18.5 Å². The van der Waals surface area contributed by atoms with Gasteiger partial charge in [-0.3, -0.25) is 4.79 Å². The number of aryl methyl sites for hydroxylation is 1. The van der Waals surface area contributed by atoms with Crippen LogP contribution < -0.4 is 4.90 Å². The number of nitrogens with zero attached hydrogens (tertiary/aromatic N) is 3. The molecule has 0 aliphatic heterocycles. The molecule has 80 valence electrons. The standard InChI is InChI=1S/C10H13N3O2/c1-13(5-9(14)15)10-7-3-2-4-8(7)11-6-12-10/h6H,2-5H2,1H3,(H,14,15). The molecule has 0 bridgehead atoms. The van der Waals surface area contributed by atoms with E-state index in [-0.39, 0.29) is 6.54 Å². The van der Waals surface area contributed by atoms with Crippen LogP contribution in [-0.4, -0.2) is 34.6 Å². The highest BCUT2D eigenvalue weighted by Gasteiger charge is 2.19. The number of rotatable bonds is 3. The topological polar surface area (TPSA) is 66.3 Å². The van der Waals surface area contributed by atoms with Crippen molar-refractivity contribution in [3.05, 3.63) is 17.6 Å². The van der Waals surface area contributed by atoms with E-state index in [0.717, 1.165) is 36.3 Å². The van der Waals surface area contributed by atoms with Crippen molar-refractivity contribution in [1.29, 1.82) is 0 Å². The Labute approximate surface area is 87.8 Å². The maximum atomic E-state index is 10.6. The Hall–Kier alpha value is -1.65. The van der Waals surface area contributed by atoms with Crippen molar-refractivity contribution in [2.24, 2.45) is 0 Å². The zero-order valence-corrected chi connectivity index (χ0v) is 8.60. The molecule has 1 aromatic rings. The van der Waals surface area contributed by atoms with Gasteiger partial charge in [-0.1, -0.05) is 0 Å². The summed E-state index contributed by atoms with van der Waals surface area (Å²) in [5, 5.41) is 8.71. The first-order valence-electron chi connectivity index (χ1n) is 4.94. The van der Waals surface area contributed by atoms with E-state index < -0.39 is 5.97 Å². The molecular weight excluding hydrogens is 194 g/mol. The Morgan fingerprint density at radius 1 is 1.53 bits per heavy atom. The molecule has 15 heavy (non-hydrogen) atoms. The van der Waals surface area contributed by atoms with Crippen LogP contribution in [0.25, 0.3) is 0 Å². The first-order valence-corrected chi connectivity index (χ1v) is 4.94. The number of fused-ring (bicyclic) bond motifs is 1. The van der Waals surface area contributed by atoms with E-state index >= 15 is 0 Å². The van der Waals surface area contributed by atoms with Gasteiger partial charge in [0.1, 0.15) is 18.7 Å². The third-order valence-corrected chi connectivity index (χ3v) is 2.59. The van der Waals surface area contributed by atoms with Gasteiger partial charge in [-0.2, -0.15) is 0 Å². The summed E-state index contributed by atoms with van der Waals surface area (Å²) >= 11 is 0. The first kappa shape index (κ1) is 9.89. The van der Waals surface area contributed by atoms with Gasteiger partial charge in [0.2, 0.25) is 0 Å². The molecule has 5 nitrogen and oxygen atoms in total. The number of carboxylic acid groups (broad SMARTS) is 1. The molecule has 1 aliphatic rings. The number of likely N-dealkylation sites (N-methyl/N-ethyl adjacent to an activating group) is 1. The highest BCUT2D eigenvalue weighted by atomic mass is 16.4. The van der Waals surface area contributed by atoms with E-state index in [0.29, 0.717) is 0 Å². The van der Waals surface area contributed by atoms with Crippen LogP contribution in [0.4, 0.5) is 5.82 Å². The van der Waals surface area contributed by atoms with Gasteiger partial charge in [0, 0.05) is 18.3 Å². The smallest absolute Gasteiger partial charge is 0.323 e. The molecule has 5 heteroatoms. The second-order valence-electron chi connectivity index (χ2n) is 3.73. The van der Waals surface area contributed by atoms with Gasteiger partial charge in [-0.15, -0.1) is 0 Å². The van der Waals surface area contributed by atoms with Crippen LogP contribution in [0.5, 0.6) is 0 Å². The molecule has 1 aliphatic carbocycles. The van der Waals surface area contributed by atoms with Crippen molar-refractivity contribution in [2.45, 2.75) is 19.3 Å². The summed E-state index contributed by atoms with van der Waals surface area (Å²) in [7, 11) is 1.75. The molecule has 1 heterocycles. The van der Waals surface area contributed by atoms with Gasteiger partial charge in [0.25, 0.3) is 0 Å². The van der Waals surface area contributed by atoms with Gasteiger partial charge in [0.05, 0.1) is 0 Å². The second kappa shape index (κ2) is 3.84. The molecule has 1 aromatic heterocycles. The molecular formula is C10H13N3O2. The Morgan fingerprint density at radius 3 is 3.07 bits per heavy atom. The lowest BCUT2D eigenvalue weighted by Gasteiger charge is -2.18. The number of carboxylic acids is 1. The minimum absolute atomic E-state index is 0.0244. The van der Waals surface area contributed by atoms with Crippen molar-refractivity contribution >= 4 is 11.8 Å². The molecule has 0 aromatic carbocycles. The predicted molar refractivity (Wildman–Crippen MR) is 55.0 cm³/mol. The SMILES string of the molecule is CN(CC(=O)O)c1ncnc2c1CCC2. The largest absolute Gasteiger partial charge is 0.480 e. The number of anilines is 1.